The molecule has 1 saturated heterocycles. The van der Waals surface area contributed by atoms with Crippen molar-refractivity contribution < 1.29 is 9.72 Å². The summed E-state index contributed by atoms with van der Waals surface area (Å²) in [5, 5.41) is 23.5. The quantitative estimate of drug-likeness (QED) is 0.482. The molecule has 0 radical (unpaired) electrons. The summed E-state index contributed by atoms with van der Waals surface area (Å²) in [4.78, 5) is 26.0. The molecule has 1 unspecified atom stereocenters. The molecule has 25 heavy (non-hydrogen) atoms. The number of nitrogens with one attached hydrogen (secondary N) is 1. The fourth-order valence-electron chi connectivity index (χ4n) is 2.51. The van der Waals surface area contributed by atoms with Crippen LogP contribution in [0.15, 0.2) is 36.9 Å². The van der Waals surface area contributed by atoms with E-state index in [9.17, 15) is 14.9 Å². The van der Waals surface area contributed by atoms with Crippen LogP contribution in [0.5, 0.6) is 0 Å². The lowest BCUT2D eigenvalue weighted by atomic mass is 10.2. The maximum atomic E-state index is 12.5. The number of nitro benzene ring substituents is 1. The van der Waals surface area contributed by atoms with Crippen molar-refractivity contribution in [3.63, 3.8) is 0 Å². The van der Waals surface area contributed by atoms with Crippen LogP contribution < -0.4 is 10.2 Å². The van der Waals surface area contributed by atoms with Crippen LogP contribution in [0.2, 0.25) is 0 Å². The third kappa shape index (κ3) is 3.43. The minimum atomic E-state index is -0.457. The van der Waals surface area contributed by atoms with Crippen LogP contribution in [0.4, 0.5) is 21.3 Å². The third-order valence-corrected chi connectivity index (χ3v) is 4.61. The lowest BCUT2D eigenvalue weighted by molar-refractivity contribution is -0.384. The zero-order valence-electron chi connectivity index (χ0n) is 13.5. The number of urea groups is 1. The van der Waals surface area contributed by atoms with Gasteiger partial charge < -0.3 is 10.2 Å². The number of nitrogens with zero attached hydrogens (tertiary/aromatic N) is 5. The minimum absolute atomic E-state index is 0.0154. The van der Waals surface area contributed by atoms with Gasteiger partial charge in [-0.05, 0) is 6.07 Å². The van der Waals surface area contributed by atoms with Crippen LogP contribution >= 0.6 is 11.3 Å². The minimum Gasteiger partial charge on any atom is -0.363 e. The topological polar surface area (TPSA) is 104 Å². The summed E-state index contributed by atoms with van der Waals surface area (Å²) in [5.41, 5.74) is 0.543. The molecule has 1 aliphatic heterocycles. The van der Waals surface area contributed by atoms with E-state index in [0.717, 1.165) is 5.01 Å². The monoisotopic (exact) mass is 360 g/mol. The standard InChI is InChI=1S/C15H16N6O3S/c1-3-5-13-17-18-14(25-13)20-12(9-19(2)15(20)22)16-10-6-4-7-11(8-10)21(23)24/h3-4,6-8,12,16H,1,5,9H2,2H3. The lowest BCUT2D eigenvalue weighted by Gasteiger charge is -2.21. The average molecular weight is 360 g/mol. The molecule has 1 atom stereocenters. The number of benzene rings is 1. The second-order valence-corrected chi connectivity index (χ2v) is 6.51. The second kappa shape index (κ2) is 6.85. The van der Waals surface area contributed by atoms with Crippen molar-refractivity contribution in [1.82, 2.24) is 15.1 Å². The molecule has 3 rings (SSSR count). The molecule has 0 spiro atoms. The maximum absolute atomic E-state index is 12.5. The third-order valence-electron chi connectivity index (χ3n) is 3.66. The molecule has 1 aromatic carbocycles. The Hall–Kier alpha value is -3.01. The zero-order chi connectivity index (χ0) is 18.0. The maximum Gasteiger partial charge on any atom is 0.328 e. The van der Waals surface area contributed by atoms with Gasteiger partial charge in [0.15, 0.2) is 0 Å². The van der Waals surface area contributed by atoms with Crippen LogP contribution in [-0.2, 0) is 6.42 Å². The van der Waals surface area contributed by atoms with Crippen molar-refractivity contribution in [3.8, 4) is 0 Å². The Bertz CT molecular complexity index is 823. The van der Waals surface area contributed by atoms with E-state index >= 15 is 0 Å². The number of carbonyl (C=O) groups is 1. The van der Waals surface area contributed by atoms with Gasteiger partial charge in [0.05, 0.1) is 11.5 Å². The summed E-state index contributed by atoms with van der Waals surface area (Å²) >= 11 is 1.32. The second-order valence-electron chi connectivity index (χ2n) is 5.47. The van der Waals surface area contributed by atoms with Gasteiger partial charge in [0, 0.05) is 31.3 Å². The van der Waals surface area contributed by atoms with Gasteiger partial charge in [0.25, 0.3) is 5.69 Å². The smallest absolute Gasteiger partial charge is 0.328 e. The number of rotatable bonds is 6. The van der Waals surface area contributed by atoms with E-state index in [1.54, 1.807) is 30.2 Å². The van der Waals surface area contributed by atoms with Crippen molar-refractivity contribution in [2.45, 2.75) is 12.6 Å². The summed E-state index contributed by atoms with van der Waals surface area (Å²) in [5.74, 6) is 0. The number of nitro groups is 1. The molecular formula is C15H16N6O3S. The summed E-state index contributed by atoms with van der Waals surface area (Å²) in [7, 11) is 1.69. The average Bonchev–Trinajstić information content (AvgIpc) is 3.13. The highest BCUT2D eigenvalue weighted by Gasteiger charge is 2.38. The molecule has 130 valence electrons. The highest BCUT2D eigenvalue weighted by atomic mass is 32.1. The molecule has 0 aliphatic carbocycles. The first-order valence-corrected chi connectivity index (χ1v) is 8.30. The Balaban J connectivity index is 1.85. The number of anilines is 2. The number of likely N-dealkylation sites (N-methyl/N-ethyl adjacent to an activating group) is 1. The largest absolute Gasteiger partial charge is 0.363 e. The number of hydrogen-bond donors (Lipinski definition) is 1. The number of amides is 2. The van der Waals surface area contributed by atoms with E-state index in [1.165, 1.54) is 28.4 Å². The highest BCUT2D eigenvalue weighted by molar-refractivity contribution is 7.15. The molecule has 1 fully saturated rings. The number of non-ortho nitro benzene ring substituents is 1. The van der Waals surface area contributed by atoms with Crippen molar-refractivity contribution in [3.05, 3.63) is 52.0 Å². The van der Waals surface area contributed by atoms with E-state index in [0.29, 0.717) is 23.8 Å². The van der Waals surface area contributed by atoms with E-state index < -0.39 is 11.1 Å². The van der Waals surface area contributed by atoms with E-state index in [1.807, 2.05) is 0 Å². The van der Waals surface area contributed by atoms with Crippen molar-refractivity contribution in [2.75, 3.05) is 23.8 Å². The van der Waals surface area contributed by atoms with Crippen molar-refractivity contribution >= 4 is 33.9 Å². The molecule has 2 heterocycles. The molecule has 9 nitrogen and oxygen atoms in total. The molecule has 2 amide bonds. The molecule has 1 aliphatic rings. The van der Waals surface area contributed by atoms with Crippen LogP contribution in [0, 0.1) is 10.1 Å². The molecular weight excluding hydrogens is 344 g/mol. The first kappa shape index (κ1) is 16.8. The normalized spacial score (nSPS) is 17.0. The van der Waals surface area contributed by atoms with Gasteiger partial charge in [0.2, 0.25) is 5.13 Å². The molecule has 0 bridgehead atoms. The Morgan fingerprint density at radius 1 is 1.52 bits per heavy atom. The van der Waals surface area contributed by atoms with Crippen LogP contribution in [0.1, 0.15) is 5.01 Å². The fraction of sp³-hybridized carbons (Fsp3) is 0.267. The fourth-order valence-corrected chi connectivity index (χ4v) is 3.39. The summed E-state index contributed by atoms with van der Waals surface area (Å²) in [6.07, 6.45) is 1.91. The lowest BCUT2D eigenvalue weighted by Crippen LogP contribution is -2.39. The Labute approximate surface area is 147 Å². The molecule has 10 heteroatoms. The van der Waals surface area contributed by atoms with Crippen molar-refractivity contribution in [1.29, 1.82) is 0 Å². The predicted octanol–water partition coefficient (Wildman–Crippen LogP) is 2.48. The van der Waals surface area contributed by atoms with Gasteiger partial charge in [0.1, 0.15) is 11.2 Å². The van der Waals surface area contributed by atoms with Gasteiger partial charge in [-0.2, -0.15) is 0 Å². The summed E-state index contributed by atoms with van der Waals surface area (Å²) in [6.45, 7) is 4.08. The van der Waals surface area contributed by atoms with Crippen molar-refractivity contribution in [2.24, 2.45) is 0 Å². The van der Waals surface area contributed by atoms with E-state index in [2.05, 4.69) is 22.1 Å². The Morgan fingerprint density at radius 2 is 2.32 bits per heavy atom. The highest BCUT2D eigenvalue weighted by Crippen LogP contribution is 2.29. The zero-order valence-corrected chi connectivity index (χ0v) is 14.3. The first-order valence-electron chi connectivity index (χ1n) is 7.48. The summed E-state index contributed by atoms with van der Waals surface area (Å²) in [6, 6.07) is 5.96. The molecule has 0 saturated carbocycles. The Morgan fingerprint density at radius 3 is 3.04 bits per heavy atom. The van der Waals surface area contributed by atoms with Gasteiger partial charge in [-0.1, -0.05) is 23.5 Å². The SMILES string of the molecule is C=CCc1nnc(N2C(=O)N(C)CC2Nc2cccc([N+](=O)[O-])c2)s1. The van der Waals surface area contributed by atoms with E-state index in [4.69, 9.17) is 0 Å². The molecule has 2 aromatic rings. The van der Waals surface area contributed by atoms with Crippen LogP contribution in [0.25, 0.3) is 0 Å². The number of allylic oxidation sites excluding steroid dienone is 1. The van der Waals surface area contributed by atoms with E-state index in [-0.39, 0.29) is 11.7 Å². The van der Waals surface area contributed by atoms with Gasteiger partial charge in [-0.25, -0.2) is 9.69 Å². The number of hydrogen-bond acceptors (Lipinski definition) is 7. The predicted molar refractivity (Wildman–Crippen MR) is 94.8 cm³/mol. The number of aromatic nitrogens is 2. The summed E-state index contributed by atoms with van der Waals surface area (Å²) < 4.78 is 0. The molecule has 1 aromatic heterocycles. The number of carbonyl (C=O) groups excluding carboxylic acids is 1. The van der Waals surface area contributed by atoms with Crippen LogP contribution in [-0.4, -0.2) is 45.8 Å². The van der Waals surface area contributed by atoms with Gasteiger partial charge in [-0.3, -0.25) is 10.1 Å². The first-order chi connectivity index (χ1) is 12.0. The Kier molecular flexibility index (Phi) is 4.61. The van der Waals surface area contributed by atoms with Gasteiger partial charge >= 0.3 is 6.03 Å². The molecule has 1 N–H and O–H groups in total. The van der Waals surface area contributed by atoms with Gasteiger partial charge in [-0.15, -0.1) is 16.8 Å². The van der Waals surface area contributed by atoms with Crippen LogP contribution in [0.3, 0.4) is 0 Å².